The van der Waals surface area contributed by atoms with Gasteiger partial charge in [0, 0.05) is 31.7 Å². The molecule has 1 N–H and O–H groups in total. The van der Waals surface area contributed by atoms with Crippen molar-refractivity contribution < 1.29 is 33.7 Å². The molecule has 0 radical (unpaired) electrons. The van der Waals surface area contributed by atoms with Crippen LogP contribution in [0.4, 0.5) is 0 Å². The van der Waals surface area contributed by atoms with Gasteiger partial charge in [0.15, 0.2) is 0 Å². The largest absolute Gasteiger partial charge is 0.457 e. The van der Waals surface area contributed by atoms with E-state index < -0.39 is 11.7 Å². The molecule has 2 saturated heterocycles. The van der Waals surface area contributed by atoms with Gasteiger partial charge >= 0.3 is 11.9 Å². The van der Waals surface area contributed by atoms with Crippen LogP contribution in [-0.4, -0.2) is 77.7 Å². The van der Waals surface area contributed by atoms with Gasteiger partial charge in [0.25, 0.3) is 5.91 Å². The van der Waals surface area contributed by atoms with Gasteiger partial charge in [-0.1, -0.05) is 6.07 Å². The van der Waals surface area contributed by atoms with E-state index in [1.54, 1.807) is 24.0 Å². The first kappa shape index (κ1) is 22.1. The standard InChI is InChI=1S/C24H28N2O7/c1-14-16(3-4-17-18(14)12-31-22(17)29)20(27)11-25-7-5-24(6-8-25)23(30)26(9-10-33-24)19-13-32-21(28)15(19)2/h3-4,20,27H,5-13H2,1-2H3/t20-/m0/s1. The molecule has 0 unspecified atom stereocenters. The maximum absolute atomic E-state index is 13.4. The number of likely N-dealkylation sites (tertiary alicyclic amines) is 1. The van der Waals surface area contributed by atoms with E-state index in [1.807, 2.05) is 6.92 Å². The van der Waals surface area contributed by atoms with E-state index in [0.717, 1.165) is 16.7 Å². The number of morpholine rings is 1. The Morgan fingerprint density at radius 2 is 1.76 bits per heavy atom. The van der Waals surface area contributed by atoms with Crippen molar-refractivity contribution >= 4 is 17.8 Å². The molecule has 1 atom stereocenters. The number of aliphatic hydroxyl groups excluding tert-OH is 1. The van der Waals surface area contributed by atoms with Crippen molar-refractivity contribution in [2.45, 2.75) is 45.0 Å². The molecule has 9 nitrogen and oxygen atoms in total. The number of piperidine rings is 1. The van der Waals surface area contributed by atoms with Crippen molar-refractivity contribution in [3.8, 4) is 0 Å². The summed E-state index contributed by atoms with van der Waals surface area (Å²) in [4.78, 5) is 40.7. The van der Waals surface area contributed by atoms with Gasteiger partial charge in [-0.25, -0.2) is 9.59 Å². The van der Waals surface area contributed by atoms with Crippen LogP contribution in [0.25, 0.3) is 0 Å². The normalized spacial score (nSPS) is 23.7. The lowest BCUT2D eigenvalue weighted by Crippen LogP contribution is -2.60. The van der Waals surface area contributed by atoms with Crippen LogP contribution in [0.15, 0.2) is 23.4 Å². The van der Waals surface area contributed by atoms with Crippen LogP contribution in [0, 0.1) is 6.92 Å². The molecule has 2 fully saturated rings. The fraction of sp³-hybridized carbons (Fsp3) is 0.542. The van der Waals surface area contributed by atoms with Crippen LogP contribution in [0.3, 0.4) is 0 Å². The number of aliphatic hydroxyl groups is 1. The average molecular weight is 456 g/mol. The highest BCUT2D eigenvalue weighted by molar-refractivity contribution is 5.95. The third-order valence-electron chi connectivity index (χ3n) is 7.39. The number of β-amino-alcohol motifs (C(OH)–C–C–N with tert-alkyl or cyclic N) is 1. The fourth-order valence-electron chi connectivity index (χ4n) is 5.27. The second kappa shape index (κ2) is 8.23. The van der Waals surface area contributed by atoms with Crippen LogP contribution >= 0.6 is 0 Å². The molecule has 4 heterocycles. The van der Waals surface area contributed by atoms with Gasteiger partial charge in [-0.3, -0.25) is 4.79 Å². The number of nitrogens with zero attached hydrogens (tertiary/aromatic N) is 2. The number of amides is 1. The Kier molecular flexibility index (Phi) is 5.50. The predicted octanol–water partition coefficient (Wildman–Crippen LogP) is 1.22. The zero-order chi connectivity index (χ0) is 23.3. The number of fused-ring (bicyclic) bond motifs is 1. The minimum atomic E-state index is -0.903. The first-order chi connectivity index (χ1) is 15.8. The maximum atomic E-state index is 13.4. The highest BCUT2D eigenvalue weighted by Crippen LogP contribution is 2.35. The molecule has 5 rings (SSSR count). The Bertz CT molecular complexity index is 1060. The van der Waals surface area contributed by atoms with Crippen molar-refractivity contribution in [3.63, 3.8) is 0 Å². The van der Waals surface area contributed by atoms with Gasteiger partial charge in [-0.2, -0.15) is 0 Å². The van der Waals surface area contributed by atoms with Crippen LogP contribution in [0.5, 0.6) is 0 Å². The van der Waals surface area contributed by atoms with Gasteiger partial charge in [-0.15, -0.1) is 0 Å². The van der Waals surface area contributed by atoms with Crippen molar-refractivity contribution in [1.82, 2.24) is 9.80 Å². The van der Waals surface area contributed by atoms with Crippen LogP contribution in [0.2, 0.25) is 0 Å². The molecule has 4 aliphatic rings. The van der Waals surface area contributed by atoms with Gasteiger partial charge in [0.05, 0.1) is 29.5 Å². The van der Waals surface area contributed by atoms with Crippen molar-refractivity contribution in [2.75, 3.05) is 39.4 Å². The smallest absolute Gasteiger partial charge is 0.338 e. The number of hydrogen-bond donors (Lipinski definition) is 1. The summed E-state index contributed by atoms with van der Waals surface area (Å²) in [6.45, 7) is 6.43. The Morgan fingerprint density at radius 1 is 1.03 bits per heavy atom. The molecular formula is C24H28N2O7. The SMILES string of the molecule is CC1=C(N2CCOC3(CCN(C[C@H](O)c4ccc5c(c4C)COC5=O)CC3)C2=O)COC1=O. The molecule has 1 aromatic rings. The molecule has 0 saturated carbocycles. The topological polar surface area (TPSA) is 106 Å². The van der Waals surface area contributed by atoms with Crippen LogP contribution in [-0.2, 0) is 30.4 Å². The number of benzene rings is 1. The molecule has 1 aromatic carbocycles. The summed E-state index contributed by atoms with van der Waals surface area (Å²) >= 11 is 0. The molecule has 9 heteroatoms. The summed E-state index contributed by atoms with van der Waals surface area (Å²) in [7, 11) is 0. The summed E-state index contributed by atoms with van der Waals surface area (Å²) < 4.78 is 16.2. The van der Waals surface area contributed by atoms with Gasteiger partial charge in [-0.05, 0) is 43.9 Å². The van der Waals surface area contributed by atoms with Crippen LogP contribution in [0.1, 0.15) is 52.9 Å². The summed E-state index contributed by atoms with van der Waals surface area (Å²) in [6, 6.07) is 3.52. The Balaban J connectivity index is 1.24. The number of hydrogen-bond acceptors (Lipinski definition) is 8. The molecule has 33 heavy (non-hydrogen) atoms. The average Bonchev–Trinajstić information content (AvgIpc) is 3.35. The molecule has 1 spiro atoms. The molecule has 1 amide bonds. The van der Waals surface area contributed by atoms with E-state index >= 15 is 0 Å². The van der Waals surface area contributed by atoms with Gasteiger partial charge in [0.1, 0.15) is 18.8 Å². The molecule has 0 aromatic heterocycles. The lowest BCUT2D eigenvalue weighted by atomic mass is 9.87. The lowest BCUT2D eigenvalue weighted by molar-refractivity contribution is -0.177. The summed E-state index contributed by atoms with van der Waals surface area (Å²) in [5.41, 5.74) is 3.31. The zero-order valence-corrected chi connectivity index (χ0v) is 18.9. The Morgan fingerprint density at radius 3 is 2.45 bits per heavy atom. The van der Waals surface area contributed by atoms with E-state index in [0.29, 0.717) is 62.5 Å². The van der Waals surface area contributed by atoms with E-state index in [-0.39, 0.29) is 31.1 Å². The third kappa shape index (κ3) is 3.64. The van der Waals surface area contributed by atoms with Crippen LogP contribution < -0.4 is 0 Å². The summed E-state index contributed by atoms with van der Waals surface area (Å²) in [5.74, 6) is -0.804. The number of cyclic esters (lactones) is 2. The van der Waals surface area contributed by atoms with E-state index in [4.69, 9.17) is 14.2 Å². The summed E-state index contributed by atoms with van der Waals surface area (Å²) in [5, 5.41) is 10.9. The first-order valence-electron chi connectivity index (χ1n) is 11.3. The first-order valence-corrected chi connectivity index (χ1v) is 11.3. The quantitative estimate of drug-likeness (QED) is 0.675. The Hall–Kier alpha value is -2.75. The van der Waals surface area contributed by atoms with Crippen molar-refractivity contribution in [1.29, 1.82) is 0 Å². The minimum absolute atomic E-state index is 0.110. The highest BCUT2D eigenvalue weighted by atomic mass is 16.5. The van der Waals surface area contributed by atoms with E-state index in [2.05, 4.69) is 4.90 Å². The molecule has 4 aliphatic heterocycles. The third-order valence-corrected chi connectivity index (χ3v) is 7.39. The molecule has 0 bridgehead atoms. The minimum Gasteiger partial charge on any atom is -0.457 e. The molecular weight excluding hydrogens is 428 g/mol. The second-order valence-corrected chi connectivity index (χ2v) is 9.15. The van der Waals surface area contributed by atoms with Crippen molar-refractivity contribution in [2.24, 2.45) is 0 Å². The van der Waals surface area contributed by atoms with E-state index in [1.165, 1.54) is 0 Å². The predicted molar refractivity (Wildman–Crippen MR) is 115 cm³/mol. The number of carbonyl (C=O) groups is 3. The van der Waals surface area contributed by atoms with Crippen molar-refractivity contribution in [3.05, 3.63) is 45.7 Å². The molecule has 0 aliphatic carbocycles. The number of ether oxygens (including phenoxy) is 3. The van der Waals surface area contributed by atoms with Gasteiger partial charge in [0.2, 0.25) is 0 Å². The van der Waals surface area contributed by atoms with E-state index in [9.17, 15) is 19.5 Å². The number of rotatable bonds is 4. The number of esters is 2. The number of carbonyl (C=O) groups excluding carboxylic acids is 3. The monoisotopic (exact) mass is 456 g/mol. The zero-order valence-electron chi connectivity index (χ0n) is 18.9. The maximum Gasteiger partial charge on any atom is 0.338 e. The summed E-state index contributed by atoms with van der Waals surface area (Å²) in [6.07, 6.45) is 0.317. The lowest BCUT2D eigenvalue weighted by Gasteiger charge is -2.46. The molecule has 176 valence electrons. The highest BCUT2D eigenvalue weighted by Gasteiger charge is 2.49. The van der Waals surface area contributed by atoms with Gasteiger partial charge < -0.3 is 29.1 Å². The second-order valence-electron chi connectivity index (χ2n) is 9.15. The Labute approximate surface area is 191 Å². The fourth-order valence-corrected chi connectivity index (χ4v) is 5.27.